The summed E-state index contributed by atoms with van der Waals surface area (Å²) in [6.07, 6.45) is 3.27. The number of halogens is 1. The van der Waals surface area contributed by atoms with Crippen LogP contribution in [-0.4, -0.2) is 11.7 Å². The molecule has 3 rings (SSSR count). The molecule has 2 aromatic carbocycles. The van der Waals surface area contributed by atoms with Crippen molar-refractivity contribution in [1.82, 2.24) is 5.32 Å². The molecular formula is C19H17ClN2O. The number of aryl methyl sites for hydroxylation is 2. The highest BCUT2D eigenvalue weighted by Gasteiger charge is 2.19. The Morgan fingerprint density at radius 3 is 2.65 bits per heavy atom. The summed E-state index contributed by atoms with van der Waals surface area (Å²) in [5, 5.41) is 3.55. The van der Waals surface area contributed by atoms with Gasteiger partial charge in [0.05, 0.1) is 0 Å². The number of hydrogen-bond acceptors (Lipinski definition) is 2. The maximum absolute atomic E-state index is 12.0. The first-order valence-electron chi connectivity index (χ1n) is 7.52. The van der Waals surface area contributed by atoms with Crippen molar-refractivity contribution in [3.63, 3.8) is 0 Å². The van der Waals surface area contributed by atoms with Crippen molar-refractivity contribution < 1.29 is 4.79 Å². The SMILES string of the molecule is Cc1ccc(/C=C2/N=C(CCc3cccc(Cl)c3)NC2=O)cc1. The van der Waals surface area contributed by atoms with Crippen molar-refractivity contribution in [2.75, 3.05) is 0 Å². The summed E-state index contributed by atoms with van der Waals surface area (Å²) >= 11 is 5.98. The lowest BCUT2D eigenvalue weighted by molar-refractivity contribution is -0.115. The third-order valence-corrected chi connectivity index (χ3v) is 3.90. The molecule has 116 valence electrons. The van der Waals surface area contributed by atoms with E-state index in [1.54, 1.807) is 6.08 Å². The molecule has 0 atom stereocenters. The van der Waals surface area contributed by atoms with Gasteiger partial charge in [-0.1, -0.05) is 53.6 Å². The van der Waals surface area contributed by atoms with E-state index in [1.165, 1.54) is 5.56 Å². The molecular weight excluding hydrogens is 308 g/mol. The Morgan fingerprint density at radius 2 is 1.91 bits per heavy atom. The van der Waals surface area contributed by atoms with E-state index in [-0.39, 0.29) is 5.91 Å². The zero-order valence-corrected chi connectivity index (χ0v) is 13.6. The Balaban J connectivity index is 1.70. The minimum Gasteiger partial charge on any atom is -0.309 e. The smallest absolute Gasteiger partial charge is 0.275 e. The Hall–Kier alpha value is -2.39. The first-order chi connectivity index (χ1) is 11.1. The van der Waals surface area contributed by atoms with Gasteiger partial charge in [-0.25, -0.2) is 4.99 Å². The van der Waals surface area contributed by atoms with Crippen LogP contribution in [0.15, 0.2) is 59.2 Å². The van der Waals surface area contributed by atoms with Crippen LogP contribution in [0.1, 0.15) is 23.1 Å². The van der Waals surface area contributed by atoms with E-state index < -0.39 is 0 Å². The van der Waals surface area contributed by atoms with Gasteiger partial charge in [0.15, 0.2) is 0 Å². The number of nitrogens with zero attached hydrogens (tertiary/aromatic N) is 1. The van der Waals surface area contributed by atoms with Crippen LogP contribution < -0.4 is 5.32 Å². The number of rotatable bonds is 4. The third kappa shape index (κ3) is 4.08. The fraction of sp³-hybridized carbons (Fsp3) is 0.158. The van der Waals surface area contributed by atoms with E-state index in [4.69, 9.17) is 11.6 Å². The zero-order valence-electron chi connectivity index (χ0n) is 12.8. The Kier molecular flexibility index (Phi) is 4.58. The van der Waals surface area contributed by atoms with Crippen LogP contribution in [0.25, 0.3) is 6.08 Å². The summed E-state index contributed by atoms with van der Waals surface area (Å²) in [5.74, 6) is 0.556. The van der Waals surface area contributed by atoms with Gasteiger partial charge in [0, 0.05) is 11.4 Å². The molecule has 0 spiro atoms. The third-order valence-electron chi connectivity index (χ3n) is 3.67. The lowest BCUT2D eigenvalue weighted by Gasteiger charge is -2.01. The van der Waals surface area contributed by atoms with Gasteiger partial charge in [-0.2, -0.15) is 0 Å². The van der Waals surface area contributed by atoms with E-state index in [1.807, 2.05) is 55.5 Å². The van der Waals surface area contributed by atoms with E-state index in [0.717, 1.165) is 22.6 Å². The van der Waals surface area contributed by atoms with Crippen molar-refractivity contribution in [3.05, 3.63) is 75.9 Å². The summed E-state index contributed by atoms with van der Waals surface area (Å²) in [7, 11) is 0. The van der Waals surface area contributed by atoms with Crippen LogP contribution in [-0.2, 0) is 11.2 Å². The molecule has 0 radical (unpaired) electrons. The molecule has 2 aromatic rings. The number of amidine groups is 1. The van der Waals surface area contributed by atoms with E-state index in [9.17, 15) is 4.79 Å². The number of benzene rings is 2. The molecule has 0 aliphatic carbocycles. The van der Waals surface area contributed by atoms with Crippen LogP contribution in [0.4, 0.5) is 0 Å². The van der Waals surface area contributed by atoms with Crippen LogP contribution in [0.2, 0.25) is 5.02 Å². The first kappa shape index (κ1) is 15.5. The van der Waals surface area contributed by atoms with Gasteiger partial charge in [-0.15, -0.1) is 0 Å². The van der Waals surface area contributed by atoms with E-state index in [2.05, 4.69) is 10.3 Å². The number of nitrogens with one attached hydrogen (secondary N) is 1. The zero-order chi connectivity index (χ0) is 16.2. The van der Waals surface area contributed by atoms with Gasteiger partial charge in [-0.3, -0.25) is 4.79 Å². The lowest BCUT2D eigenvalue weighted by atomic mass is 10.1. The highest BCUT2D eigenvalue weighted by Crippen LogP contribution is 2.16. The molecule has 3 nitrogen and oxygen atoms in total. The minimum absolute atomic E-state index is 0.147. The monoisotopic (exact) mass is 324 g/mol. The van der Waals surface area contributed by atoms with Crippen LogP contribution in [0.3, 0.4) is 0 Å². The molecule has 0 unspecified atom stereocenters. The molecule has 0 fully saturated rings. The standard InChI is InChI=1S/C19H17ClN2O/c1-13-5-7-15(8-6-13)12-17-19(23)22-18(21-17)10-9-14-3-2-4-16(20)11-14/h2-8,11-12H,9-10H2,1H3,(H,21,22,23)/b17-12+. The molecule has 1 aliphatic heterocycles. The maximum Gasteiger partial charge on any atom is 0.275 e. The topological polar surface area (TPSA) is 41.5 Å². The quantitative estimate of drug-likeness (QED) is 0.843. The molecule has 1 heterocycles. The van der Waals surface area contributed by atoms with Crippen LogP contribution in [0.5, 0.6) is 0 Å². The van der Waals surface area contributed by atoms with Crippen LogP contribution in [0, 0.1) is 6.92 Å². The summed E-state index contributed by atoms with van der Waals surface area (Å²) in [5.41, 5.74) is 3.75. The summed E-state index contributed by atoms with van der Waals surface area (Å²) in [6.45, 7) is 2.03. The molecule has 4 heteroatoms. The molecule has 1 aliphatic rings. The van der Waals surface area contributed by atoms with Crippen molar-refractivity contribution in [2.45, 2.75) is 19.8 Å². The molecule has 23 heavy (non-hydrogen) atoms. The summed E-state index contributed by atoms with van der Waals surface area (Å²) in [6, 6.07) is 15.7. The first-order valence-corrected chi connectivity index (χ1v) is 7.90. The van der Waals surface area contributed by atoms with Crippen LogP contribution >= 0.6 is 11.6 Å². The second-order valence-electron chi connectivity index (χ2n) is 5.58. The second-order valence-corrected chi connectivity index (χ2v) is 6.02. The largest absolute Gasteiger partial charge is 0.309 e. The number of aliphatic imine (C=N–C) groups is 1. The fourth-order valence-electron chi connectivity index (χ4n) is 2.41. The van der Waals surface area contributed by atoms with Gasteiger partial charge < -0.3 is 5.32 Å². The van der Waals surface area contributed by atoms with E-state index in [0.29, 0.717) is 18.0 Å². The Bertz CT molecular complexity index is 791. The summed E-state index contributed by atoms with van der Waals surface area (Å²) < 4.78 is 0. The van der Waals surface area contributed by atoms with Crippen molar-refractivity contribution in [3.8, 4) is 0 Å². The Labute approximate surface area is 140 Å². The predicted octanol–water partition coefficient (Wildman–Crippen LogP) is 4.15. The van der Waals surface area contributed by atoms with Gasteiger partial charge >= 0.3 is 0 Å². The molecule has 0 saturated heterocycles. The highest BCUT2D eigenvalue weighted by atomic mass is 35.5. The lowest BCUT2D eigenvalue weighted by Crippen LogP contribution is -2.24. The van der Waals surface area contributed by atoms with Crippen molar-refractivity contribution >= 4 is 29.4 Å². The molecule has 0 bridgehead atoms. The van der Waals surface area contributed by atoms with Crippen molar-refractivity contribution in [2.24, 2.45) is 4.99 Å². The van der Waals surface area contributed by atoms with Gasteiger partial charge in [0.2, 0.25) is 0 Å². The fourth-order valence-corrected chi connectivity index (χ4v) is 2.62. The second kappa shape index (κ2) is 6.80. The minimum atomic E-state index is -0.147. The highest BCUT2D eigenvalue weighted by molar-refractivity contribution is 6.30. The summed E-state index contributed by atoms with van der Waals surface area (Å²) in [4.78, 5) is 16.4. The van der Waals surface area contributed by atoms with Gasteiger partial charge in [0.25, 0.3) is 5.91 Å². The maximum atomic E-state index is 12.0. The van der Waals surface area contributed by atoms with Gasteiger partial charge in [-0.05, 0) is 42.7 Å². The Morgan fingerprint density at radius 1 is 1.13 bits per heavy atom. The number of amides is 1. The predicted molar refractivity (Wildman–Crippen MR) is 94.5 cm³/mol. The number of hydrogen-bond donors (Lipinski definition) is 1. The number of carbonyl (C=O) groups is 1. The normalized spacial score (nSPS) is 15.7. The molecule has 0 aromatic heterocycles. The van der Waals surface area contributed by atoms with Gasteiger partial charge in [0.1, 0.15) is 11.5 Å². The molecule has 1 amide bonds. The molecule has 0 saturated carbocycles. The van der Waals surface area contributed by atoms with Crippen molar-refractivity contribution in [1.29, 1.82) is 0 Å². The molecule has 1 N–H and O–H groups in total. The average Bonchev–Trinajstić information content (AvgIpc) is 2.88. The van der Waals surface area contributed by atoms with E-state index >= 15 is 0 Å². The average molecular weight is 325 g/mol. The number of carbonyl (C=O) groups excluding carboxylic acids is 1.